The molecule has 1 aromatic rings. The van der Waals surface area contributed by atoms with Gasteiger partial charge in [0.2, 0.25) is 0 Å². The van der Waals surface area contributed by atoms with Gasteiger partial charge in [-0.15, -0.1) is 0 Å². The first kappa shape index (κ1) is 14.8. The summed E-state index contributed by atoms with van der Waals surface area (Å²) in [5.74, 6) is 0. The fourth-order valence-corrected chi connectivity index (χ4v) is 3.15. The van der Waals surface area contributed by atoms with Gasteiger partial charge in [-0.25, -0.2) is 0 Å². The maximum absolute atomic E-state index is 10.2. The van der Waals surface area contributed by atoms with Crippen LogP contribution in [0.1, 0.15) is 31.2 Å². The van der Waals surface area contributed by atoms with Crippen LogP contribution in [0.15, 0.2) is 24.3 Å². The second-order valence-electron chi connectivity index (χ2n) is 6.34. The predicted molar refractivity (Wildman–Crippen MR) is 84.6 cm³/mol. The third-order valence-corrected chi connectivity index (χ3v) is 4.52. The lowest BCUT2D eigenvalue weighted by Gasteiger charge is -2.29. The molecule has 2 aliphatic heterocycles. The summed E-state index contributed by atoms with van der Waals surface area (Å²) in [6.45, 7) is 4.88. The topological polar surface area (TPSA) is 44.7 Å². The van der Waals surface area contributed by atoms with E-state index in [0.717, 1.165) is 13.0 Å². The van der Waals surface area contributed by atoms with Crippen LogP contribution in [0.2, 0.25) is 0 Å². The number of rotatable bonds is 5. The number of nitrogens with zero attached hydrogens (tertiary/aromatic N) is 1. The molecule has 21 heavy (non-hydrogen) atoms. The van der Waals surface area contributed by atoms with Gasteiger partial charge in [0.25, 0.3) is 0 Å². The van der Waals surface area contributed by atoms with Gasteiger partial charge in [0.15, 0.2) is 0 Å². The lowest BCUT2D eigenvalue weighted by atomic mass is 10.0. The summed E-state index contributed by atoms with van der Waals surface area (Å²) >= 11 is 0. The zero-order chi connectivity index (χ0) is 14.5. The van der Waals surface area contributed by atoms with E-state index in [0.29, 0.717) is 19.8 Å². The Morgan fingerprint density at radius 1 is 1.14 bits per heavy atom. The van der Waals surface area contributed by atoms with E-state index in [1.807, 2.05) is 0 Å². The maximum Gasteiger partial charge on any atom is 0.102 e. The van der Waals surface area contributed by atoms with E-state index in [2.05, 4.69) is 34.5 Å². The van der Waals surface area contributed by atoms with Crippen LogP contribution in [-0.2, 0) is 11.3 Å². The average molecular weight is 290 g/mol. The van der Waals surface area contributed by atoms with Crippen molar-refractivity contribution in [2.45, 2.75) is 37.8 Å². The Balaban J connectivity index is 1.47. The van der Waals surface area contributed by atoms with Gasteiger partial charge >= 0.3 is 0 Å². The van der Waals surface area contributed by atoms with E-state index in [9.17, 15) is 5.11 Å². The Morgan fingerprint density at radius 2 is 1.90 bits per heavy atom. The molecule has 0 spiro atoms. The molecule has 0 bridgehead atoms. The normalized spacial score (nSPS) is 26.2. The Kier molecular flexibility index (Phi) is 4.78. The van der Waals surface area contributed by atoms with Crippen LogP contribution in [0, 0.1) is 0 Å². The summed E-state index contributed by atoms with van der Waals surface area (Å²) in [7, 11) is 0. The number of ether oxygens (including phenoxy) is 1. The third-order valence-electron chi connectivity index (χ3n) is 4.52. The highest BCUT2D eigenvalue weighted by Crippen LogP contribution is 2.20. The molecular formula is C17H26N2O2. The fourth-order valence-electron chi connectivity index (χ4n) is 3.15. The molecule has 1 unspecified atom stereocenters. The van der Waals surface area contributed by atoms with Gasteiger partial charge in [0, 0.05) is 44.9 Å². The highest BCUT2D eigenvalue weighted by Gasteiger charge is 2.31. The van der Waals surface area contributed by atoms with Crippen molar-refractivity contribution >= 4 is 5.69 Å². The summed E-state index contributed by atoms with van der Waals surface area (Å²) in [4.78, 5) is 2.47. The third kappa shape index (κ3) is 3.96. The molecule has 3 rings (SSSR count). The molecule has 0 radical (unpaired) electrons. The van der Waals surface area contributed by atoms with Gasteiger partial charge in [-0.05, 0) is 37.0 Å². The van der Waals surface area contributed by atoms with Crippen LogP contribution in [0.4, 0.5) is 5.69 Å². The Morgan fingerprint density at radius 3 is 2.57 bits per heavy atom. The van der Waals surface area contributed by atoms with E-state index in [-0.39, 0.29) is 0 Å². The molecule has 2 heterocycles. The van der Waals surface area contributed by atoms with Crippen LogP contribution in [0.3, 0.4) is 0 Å². The minimum absolute atomic E-state index is 0.452. The van der Waals surface area contributed by atoms with Crippen molar-refractivity contribution in [2.75, 3.05) is 37.7 Å². The van der Waals surface area contributed by atoms with Crippen molar-refractivity contribution in [1.29, 1.82) is 0 Å². The Bertz CT molecular complexity index is 435. The van der Waals surface area contributed by atoms with E-state index in [1.54, 1.807) is 0 Å². The molecule has 4 heteroatoms. The first-order chi connectivity index (χ1) is 10.3. The van der Waals surface area contributed by atoms with Crippen molar-refractivity contribution < 1.29 is 9.84 Å². The smallest absolute Gasteiger partial charge is 0.102 e. The summed E-state index contributed by atoms with van der Waals surface area (Å²) in [6.07, 6.45) is 4.72. The highest BCUT2D eigenvalue weighted by molar-refractivity contribution is 5.47. The molecule has 0 amide bonds. The van der Waals surface area contributed by atoms with Crippen molar-refractivity contribution in [2.24, 2.45) is 0 Å². The number of hydrogen-bond acceptors (Lipinski definition) is 4. The van der Waals surface area contributed by atoms with Crippen LogP contribution < -0.4 is 10.2 Å². The van der Waals surface area contributed by atoms with Gasteiger partial charge in [0.1, 0.15) is 5.60 Å². The minimum Gasteiger partial charge on any atom is -0.386 e. The molecule has 0 saturated carbocycles. The molecule has 1 aromatic carbocycles. The first-order valence-electron chi connectivity index (χ1n) is 8.10. The number of nitrogens with one attached hydrogen (secondary N) is 1. The summed E-state index contributed by atoms with van der Waals surface area (Å²) in [5, 5.41) is 13.5. The van der Waals surface area contributed by atoms with E-state index >= 15 is 0 Å². The molecule has 0 aliphatic carbocycles. The summed E-state index contributed by atoms with van der Waals surface area (Å²) < 4.78 is 5.25. The predicted octanol–water partition coefficient (Wildman–Crippen LogP) is 1.92. The molecule has 1 atom stereocenters. The van der Waals surface area contributed by atoms with E-state index in [1.165, 1.54) is 43.6 Å². The van der Waals surface area contributed by atoms with Gasteiger partial charge in [0.05, 0.1) is 6.61 Å². The minimum atomic E-state index is -0.673. The molecule has 0 aromatic heterocycles. The molecule has 2 fully saturated rings. The van der Waals surface area contributed by atoms with Gasteiger partial charge in [-0.2, -0.15) is 0 Å². The number of piperidine rings is 1. The van der Waals surface area contributed by atoms with Gasteiger partial charge in [-0.1, -0.05) is 12.1 Å². The summed E-state index contributed by atoms with van der Waals surface area (Å²) in [6, 6.07) is 8.81. The standard InChI is InChI=1S/C17H26N2O2/c20-17(8-11-21-14-17)13-18-12-15-4-6-16(7-5-15)19-9-2-1-3-10-19/h4-7,18,20H,1-3,8-14H2. The zero-order valence-electron chi connectivity index (χ0n) is 12.7. The van der Waals surface area contributed by atoms with Crippen LogP contribution in [-0.4, -0.2) is 43.6 Å². The van der Waals surface area contributed by atoms with Gasteiger partial charge in [-0.3, -0.25) is 0 Å². The van der Waals surface area contributed by atoms with Crippen molar-refractivity contribution in [1.82, 2.24) is 5.32 Å². The second kappa shape index (κ2) is 6.77. The molecule has 2 aliphatic rings. The number of anilines is 1. The first-order valence-corrected chi connectivity index (χ1v) is 8.10. The van der Waals surface area contributed by atoms with E-state index in [4.69, 9.17) is 4.74 Å². The lowest BCUT2D eigenvalue weighted by Crippen LogP contribution is -2.40. The second-order valence-corrected chi connectivity index (χ2v) is 6.34. The lowest BCUT2D eigenvalue weighted by molar-refractivity contribution is 0.0268. The number of benzene rings is 1. The van der Waals surface area contributed by atoms with Crippen molar-refractivity contribution in [3.05, 3.63) is 29.8 Å². The molecule has 2 N–H and O–H groups in total. The molecule has 2 saturated heterocycles. The van der Waals surface area contributed by atoms with E-state index < -0.39 is 5.60 Å². The van der Waals surface area contributed by atoms with Crippen LogP contribution in [0.5, 0.6) is 0 Å². The van der Waals surface area contributed by atoms with Crippen molar-refractivity contribution in [3.63, 3.8) is 0 Å². The Hall–Kier alpha value is -1.10. The SMILES string of the molecule is OC1(CNCc2ccc(N3CCCCC3)cc2)CCOC1. The summed E-state index contributed by atoms with van der Waals surface area (Å²) in [5.41, 5.74) is 1.92. The van der Waals surface area contributed by atoms with Gasteiger partial charge < -0.3 is 20.1 Å². The van der Waals surface area contributed by atoms with Crippen LogP contribution >= 0.6 is 0 Å². The maximum atomic E-state index is 10.2. The quantitative estimate of drug-likeness (QED) is 0.869. The van der Waals surface area contributed by atoms with Crippen LogP contribution in [0.25, 0.3) is 0 Å². The molecule has 116 valence electrons. The molecule has 4 nitrogen and oxygen atoms in total. The Labute approximate surface area is 127 Å². The monoisotopic (exact) mass is 290 g/mol. The molecular weight excluding hydrogens is 264 g/mol. The zero-order valence-corrected chi connectivity index (χ0v) is 12.7. The largest absolute Gasteiger partial charge is 0.386 e. The average Bonchev–Trinajstić information content (AvgIpc) is 2.96. The van der Waals surface area contributed by atoms with Crippen molar-refractivity contribution in [3.8, 4) is 0 Å². The number of aliphatic hydroxyl groups is 1. The highest BCUT2D eigenvalue weighted by atomic mass is 16.5. The fraction of sp³-hybridized carbons (Fsp3) is 0.647. The number of hydrogen-bond donors (Lipinski definition) is 2.